The van der Waals surface area contributed by atoms with Gasteiger partial charge in [0.05, 0.1) is 12.1 Å². The zero-order chi connectivity index (χ0) is 24.9. The summed E-state index contributed by atoms with van der Waals surface area (Å²) in [6.45, 7) is 7.71. The van der Waals surface area contributed by atoms with Crippen LogP contribution in [0.1, 0.15) is 84.1 Å². The van der Waals surface area contributed by atoms with E-state index >= 15 is 0 Å². The highest BCUT2D eigenvalue weighted by Gasteiger charge is 2.32. The number of aryl methyl sites for hydroxylation is 1. The minimum absolute atomic E-state index is 0.0206. The third kappa shape index (κ3) is 10.9. The standard InChI is InChI=1S/C29H50N2O3/c1-22(2)19-27(32)28(33)26(20-25-16-9-6-10-17-25)30-29(34)23(3)21-31(4)18-12-11-15-24-13-7-5-8-14-24/h5,7-8,13-14,22-23,25-28,32-33H,6,9-12,15-21H2,1-4H3,(H,30,34)/t23-,26-,27-,28+/m0/s1. The van der Waals surface area contributed by atoms with Gasteiger partial charge in [0.1, 0.15) is 6.10 Å². The molecule has 5 heteroatoms. The van der Waals surface area contributed by atoms with Crippen LogP contribution < -0.4 is 5.32 Å². The molecule has 34 heavy (non-hydrogen) atoms. The fourth-order valence-electron chi connectivity index (χ4n) is 5.28. The number of benzene rings is 1. The molecule has 1 aliphatic rings. The lowest BCUT2D eigenvalue weighted by Crippen LogP contribution is -2.51. The van der Waals surface area contributed by atoms with Crippen molar-refractivity contribution < 1.29 is 15.0 Å². The number of hydrogen-bond acceptors (Lipinski definition) is 4. The van der Waals surface area contributed by atoms with E-state index in [-0.39, 0.29) is 17.9 Å². The maximum absolute atomic E-state index is 13.1. The summed E-state index contributed by atoms with van der Waals surface area (Å²) in [5.74, 6) is 0.628. The minimum Gasteiger partial charge on any atom is -0.390 e. The normalized spacial score (nSPS) is 18.6. The van der Waals surface area contributed by atoms with Crippen molar-refractivity contribution in [1.29, 1.82) is 0 Å². The molecule has 1 fully saturated rings. The minimum atomic E-state index is -0.920. The molecule has 1 aromatic rings. The van der Waals surface area contributed by atoms with Crippen molar-refractivity contribution in [3.63, 3.8) is 0 Å². The van der Waals surface area contributed by atoms with Gasteiger partial charge < -0.3 is 20.4 Å². The molecule has 5 nitrogen and oxygen atoms in total. The van der Waals surface area contributed by atoms with Gasteiger partial charge in [-0.15, -0.1) is 0 Å². The smallest absolute Gasteiger partial charge is 0.224 e. The summed E-state index contributed by atoms with van der Waals surface area (Å²) >= 11 is 0. The molecule has 1 amide bonds. The maximum atomic E-state index is 13.1. The highest BCUT2D eigenvalue weighted by Crippen LogP contribution is 2.29. The van der Waals surface area contributed by atoms with Crippen molar-refractivity contribution in [2.75, 3.05) is 20.1 Å². The van der Waals surface area contributed by atoms with Crippen LogP contribution >= 0.6 is 0 Å². The summed E-state index contributed by atoms with van der Waals surface area (Å²) < 4.78 is 0. The second-order valence-electron chi connectivity index (χ2n) is 11.1. The van der Waals surface area contributed by atoms with Crippen LogP contribution in [0.2, 0.25) is 0 Å². The molecule has 4 atom stereocenters. The van der Waals surface area contributed by atoms with Gasteiger partial charge in [-0.25, -0.2) is 0 Å². The first-order valence-corrected chi connectivity index (χ1v) is 13.6. The van der Waals surface area contributed by atoms with E-state index < -0.39 is 12.2 Å². The van der Waals surface area contributed by atoms with Crippen molar-refractivity contribution >= 4 is 5.91 Å². The van der Waals surface area contributed by atoms with E-state index in [1.807, 2.05) is 26.8 Å². The maximum Gasteiger partial charge on any atom is 0.224 e. The lowest BCUT2D eigenvalue weighted by molar-refractivity contribution is -0.127. The Morgan fingerprint density at radius 1 is 1.06 bits per heavy atom. The molecule has 0 unspecified atom stereocenters. The predicted octanol–water partition coefficient (Wildman–Crippen LogP) is 4.80. The second kappa shape index (κ2) is 15.5. The van der Waals surface area contributed by atoms with E-state index in [2.05, 4.69) is 41.5 Å². The lowest BCUT2D eigenvalue weighted by Gasteiger charge is -2.33. The summed E-state index contributed by atoms with van der Waals surface area (Å²) in [6, 6.07) is 10.2. The first-order valence-electron chi connectivity index (χ1n) is 13.6. The number of aliphatic hydroxyl groups is 2. The second-order valence-corrected chi connectivity index (χ2v) is 11.1. The monoisotopic (exact) mass is 474 g/mol. The number of nitrogens with zero attached hydrogens (tertiary/aromatic N) is 1. The van der Waals surface area contributed by atoms with Gasteiger partial charge in [0.15, 0.2) is 0 Å². The Bertz CT molecular complexity index is 675. The third-order valence-electron chi connectivity index (χ3n) is 7.29. The summed E-state index contributed by atoms with van der Waals surface area (Å²) in [4.78, 5) is 15.3. The summed E-state index contributed by atoms with van der Waals surface area (Å²) in [5, 5.41) is 24.6. The van der Waals surface area contributed by atoms with Crippen molar-refractivity contribution in [2.24, 2.45) is 17.8 Å². The molecule has 3 N–H and O–H groups in total. The molecule has 0 aromatic heterocycles. The fraction of sp³-hybridized carbons (Fsp3) is 0.759. The van der Waals surface area contributed by atoms with E-state index in [1.54, 1.807) is 0 Å². The average molecular weight is 475 g/mol. The van der Waals surface area contributed by atoms with Crippen LogP contribution in [0.5, 0.6) is 0 Å². The topological polar surface area (TPSA) is 72.8 Å². The Morgan fingerprint density at radius 2 is 1.74 bits per heavy atom. The van der Waals surface area contributed by atoms with Crippen LogP contribution in [0, 0.1) is 17.8 Å². The van der Waals surface area contributed by atoms with Gasteiger partial charge in [0.2, 0.25) is 5.91 Å². The number of aliphatic hydroxyl groups excluding tert-OH is 2. The first kappa shape index (κ1) is 28.8. The quantitative estimate of drug-likeness (QED) is 0.319. The SMILES string of the molecule is CC(C)C[C@H](O)[C@H](O)[C@H](CC1CCCCC1)NC(=O)[C@@H](C)CN(C)CCCCc1ccccc1. The number of hydrogen-bond donors (Lipinski definition) is 3. The van der Waals surface area contributed by atoms with Crippen LogP contribution in [0.4, 0.5) is 0 Å². The zero-order valence-corrected chi connectivity index (χ0v) is 22.1. The van der Waals surface area contributed by atoms with E-state index in [9.17, 15) is 15.0 Å². The molecular weight excluding hydrogens is 424 g/mol. The van der Waals surface area contributed by atoms with Gasteiger partial charge in [-0.2, -0.15) is 0 Å². The molecule has 0 saturated heterocycles. The third-order valence-corrected chi connectivity index (χ3v) is 7.29. The highest BCUT2D eigenvalue weighted by atomic mass is 16.3. The number of rotatable bonds is 15. The number of unbranched alkanes of at least 4 members (excludes halogenated alkanes) is 1. The Balaban J connectivity index is 1.82. The van der Waals surface area contributed by atoms with Crippen LogP contribution in [-0.4, -0.2) is 59.4 Å². The van der Waals surface area contributed by atoms with Crippen LogP contribution in [-0.2, 0) is 11.2 Å². The predicted molar refractivity (Wildman–Crippen MR) is 141 cm³/mol. The van der Waals surface area contributed by atoms with E-state index in [0.717, 1.165) is 45.1 Å². The molecule has 2 rings (SSSR count). The van der Waals surface area contributed by atoms with Gasteiger partial charge in [-0.3, -0.25) is 4.79 Å². The van der Waals surface area contributed by atoms with Gasteiger partial charge in [0, 0.05) is 12.5 Å². The van der Waals surface area contributed by atoms with Crippen molar-refractivity contribution in [3.05, 3.63) is 35.9 Å². The zero-order valence-electron chi connectivity index (χ0n) is 22.1. The molecule has 0 aliphatic heterocycles. The Labute approximate surface area is 208 Å². The average Bonchev–Trinajstić information content (AvgIpc) is 2.81. The summed E-state index contributed by atoms with van der Waals surface area (Å²) in [7, 11) is 2.08. The van der Waals surface area contributed by atoms with Crippen molar-refractivity contribution in [2.45, 2.75) is 103 Å². The molecule has 0 heterocycles. The lowest BCUT2D eigenvalue weighted by atomic mass is 9.82. The Morgan fingerprint density at radius 3 is 2.38 bits per heavy atom. The molecule has 194 valence electrons. The van der Waals surface area contributed by atoms with E-state index in [1.165, 1.54) is 24.8 Å². The number of carbonyl (C=O) groups excluding carboxylic acids is 1. The molecule has 1 aromatic carbocycles. The summed E-state index contributed by atoms with van der Waals surface area (Å²) in [5.41, 5.74) is 1.38. The van der Waals surface area contributed by atoms with Gasteiger partial charge in [-0.1, -0.05) is 83.2 Å². The molecule has 1 aliphatic carbocycles. The highest BCUT2D eigenvalue weighted by molar-refractivity contribution is 5.78. The van der Waals surface area contributed by atoms with Gasteiger partial charge >= 0.3 is 0 Å². The molecule has 0 bridgehead atoms. The van der Waals surface area contributed by atoms with E-state index in [4.69, 9.17) is 0 Å². The van der Waals surface area contributed by atoms with Crippen LogP contribution in [0.25, 0.3) is 0 Å². The van der Waals surface area contributed by atoms with Crippen molar-refractivity contribution in [1.82, 2.24) is 10.2 Å². The van der Waals surface area contributed by atoms with Gasteiger partial charge in [-0.05, 0) is 63.1 Å². The Hall–Kier alpha value is -1.43. The molecular formula is C29H50N2O3. The fourth-order valence-corrected chi connectivity index (χ4v) is 5.28. The summed E-state index contributed by atoms with van der Waals surface area (Å²) in [6.07, 6.45) is 8.92. The number of nitrogens with one attached hydrogen (secondary N) is 1. The van der Waals surface area contributed by atoms with Crippen LogP contribution in [0.3, 0.4) is 0 Å². The largest absolute Gasteiger partial charge is 0.390 e. The van der Waals surface area contributed by atoms with E-state index in [0.29, 0.717) is 24.8 Å². The molecule has 0 spiro atoms. The van der Waals surface area contributed by atoms with Crippen LogP contribution in [0.15, 0.2) is 30.3 Å². The van der Waals surface area contributed by atoms with Crippen molar-refractivity contribution in [3.8, 4) is 0 Å². The number of carbonyl (C=O) groups is 1. The first-order chi connectivity index (χ1) is 16.3. The Kier molecular flexibility index (Phi) is 13.2. The molecule has 1 saturated carbocycles. The molecule has 0 radical (unpaired) electrons. The van der Waals surface area contributed by atoms with Gasteiger partial charge in [0.25, 0.3) is 0 Å². The number of amides is 1.